The number of halogens is 2. The van der Waals surface area contributed by atoms with E-state index in [1.54, 1.807) is 13.3 Å². The van der Waals surface area contributed by atoms with Crippen LogP contribution in [0.15, 0.2) is 36.5 Å². The maximum absolute atomic E-state index is 6.11. The number of aromatic nitrogens is 1. The average molecular weight is 353 g/mol. The molecule has 1 aromatic carbocycles. The van der Waals surface area contributed by atoms with Gasteiger partial charge in [0.25, 0.3) is 0 Å². The van der Waals surface area contributed by atoms with Crippen LogP contribution in [0.3, 0.4) is 0 Å². The first kappa shape index (κ1) is 16.5. The summed E-state index contributed by atoms with van der Waals surface area (Å²) in [5.74, 6) is 0.823. The molecule has 0 unspecified atom stereocenters. The minimum Gasteiger partial charge on any atom is -0.497 e. The van der Waals surface area contributed by atoms with Crippen molar-refractivity contribution in [3.63, 3.8) is 0 Å². The molecule has 2 heterocycles. The van der Waals surface area contributed by atoms with Crippen molar-refractivity contribution in [1.82, 2.24) is 9.88 Å². The number of methoxy groups -OCH3 is 1. The maximum atomic E-state index is 6.11. The van der Waals surface area contributed by atoms with Gasteiger partial charge in [-0.1, -0.05) is 29.3 Å². The van der Waals surface area contributed by atoms with Crippen molar-refractivity contribution in [2.75, 3.05) is 26.8 Å². The van der Waals surface area contributed by atoms with Crippen LogP contribution in [-0.4, -0.2) is 36.7 Å². The molecule has 1 aromatic heterocycles. The molecule has 1 saturated heterocycles. The van der Waals surface area contributed by atoms with Gasteiger partial charge >= 0.3 is 0 Å². The molecule has 1 fully saturated rings. The molecule has 0 amide bonds. The fraction of sp³-hybridized carbons (Fsp3) is 0.353. The van der Waals surface area contributed by atoms with Gasteiger partial charge in [0.2, 0.25) is 0 Å². The summed E-state index contributed by atoms with van der Waals surface area (Å²) < 4.78 is 11.1. The zero-order valence-corrected chi connectivity index (χ0v) is 14.3. The normalized spacial score (nSPS) is 18.8. The minimum atomic E-state index is -0.0101. The van der Waals surface area contributed by atoms with Gasteiger partial charge in [-0.25, -0.2) is 0 Å². The molecule has 23 heavy (non-hydrogen) atoms. The number of rotatable bonds is 4. The number of pyridine rings is 1. The minimum absolute atomic E-state index is 0.0101. The summed E-state index contributed by atoms with van der Waals surface area (Å²) >= 11 is 12.1. The van der Waals surface area contributed by atoms with Gasteiger partial charge in [0.05, 0.1) is 35.6 Å². The summed E-state index contributed by atoms with van der Waals surface area (Å²) in [5.41, 5.74) is 2.03. The largest absolute Gasteiger partial charge is 0.497 e. The van der Waals surface area contributed by atoms with Gasteiger partial charge in [-0.15, -0.1) is 0 Å². The second-order valence-corrected chi connectivity index (χ2v) is 6.27. The molecule has 1 aliphatic rings. The number of hydrogen-bond donors (Lipinski definition) is 0. The van der Waals surface area contributed by atoms with Crippen LogP contribution < -0.4 is 4.74 Å². The van der Waals surface area contributed by atoms with Crippen LogP contribution in [0.5, 0.6) is 5.75 Å². The number of hydrogen-bond acceptors (Lipinski definition) is 4. The Morgan fingerprint density at radius 2 is 2.13 bits per heavy atom. The summed E-state index contributed by atoms with van der Waals surface area (Å²) in [4.78, 5) is 6.72. The molecule has 122 valence electrons. The van der Waals surface area contributed by atoms with E-state index >= 15 is 0 Å². The predicted molar refractivity (Wildman–Crippen MR) is 91.2 cm³/mol. The quantitative estimate of drug-likeness (QED) is 0.833. The molecule has 0 radical (unpaired) electrons. The molecule has 1 atom stereocenters. The van der Waals surface area contributed by atoms with Crippen LogP contribution in [-0.2, 0) is 11.3 Å². The highest BCUT2D eigenvalue weighted by atomic mass is 35.5. The monoisotopic (exact) mass is 352 g/mol. The van der Waals surface area contributed by atoms with E-state index < -0.39 is 0 Å². The van der Waals surface area contributed by atoms with Crippen LogP contribution in [0, 0.1) is 0 Å². The van der Waals surface area contributed by atoms with Crippen molar-refractivity contribution >= 4 is 23.2 Å². The van der Waals surface area contributed by atoms with Gasteiger partial charge in [-0.2, -0.15) is 0 Å². The van der Waals surface area contributed by atoms with Crippen LogP contribution >= 0.6 is 23.2 Å². The molecule has 3 rings (SSSR count). The van der Waals surface area contributed by atoms with Crippen molar-refractivity contribution in [2.45, 2.75) is 12.6 Å². The third-order valence-electron chi connectivity index (χ3n) is 3.88. The second kappa shape index (κ2) is 7.49. The van der Waals surface area contributed by atoms with Crippen LogP contribution in [0.4, 0.5) is 0 Å². The SMILES string of the molecule is COc1ccnc(CN2CCO[C@H](c3ccc(Cl)c(Cl)c3)C2)c1. The summed E-state index contributed by atoms with van der Waals surface area (Å²) in [6.45, 7) is 3.10. The van der Waals surface area contributed by atoms with Crippen molar-refractivity contribution in [2.24, 2.45) is 0 Å². The summed E-state index contributed by atoms with van der Waals surface area (Å²) in [6, 6.07) is 9.46. The van der Waals surface area contributed by atoms with Gasteiger partial charge in [-0.3, -0.25) is 9.88 Å². The molecular weight excluding hydrogens is 335 g/mol. The van der Waals surface area contributed by atoms with E-state index in [9.17, 15) is 0 Å². The van der Waals surface area contributed by atoms with Crippen molar-refractivity contribution in [1.29, 1.82) is 0 Å². The van der Waals surface area contributed by atoms with E-state index in [1.165, 1.54) is 0 Å². The Labute approximate surface area is 145 Å². The lowest BCUT2D eigenvalue weighted by atomic mass is 10.1. The van der Waals surface area contributed by atoms with E-state index in [2.05, 4.69) is 9.88 Å². The van der Waals surface area contributed by atoms with Crippen LogP contribution in [0.25, 0.3) is 0 Å². The lowest BCUT2D eigenvalue weighted by Crippen LogP contribution is -2.38. The van der Waals surface area contributed by atoms with Gasteiger partial charge < -0.3 is 9.47 Å². The van der Waals surface area contributed by atoms with Crippen LogP contribution in [0.1, 0.15) is 17.4 Å². The second-order valence-electron chi connectivity index (χ2n) is 5.46. The average Bonchev–Trinajstić information content (AvgIpc) is 2.58. The van der Waals surface area contributed by atoms with E-state index in [1.807, 2.05) is 30.3 Å². The molecule has 1 aliphatic heterocycles. The smallest absolute Gasteiger partial charge is 0.122 e. The number of ether oxygens (including phenoxy) is 2. The lowest BCUT2D eigenvalue weighted by molar-refractivity contribution is -0.0332. The van der Waals surface area contributed by atoms with E-state index in [0.717, 1.165) is 36.6 Å². The van der Waals surface area contributed by atoms with Crippen molar-refractivity contribution < 1.29 is 9.47 Å². The highest BCUT2D eigenvalue weighted by Gasteiger charge is 2.23. The third kappa shape index (κ3) is 4.15. The highest BCUT2D eigenvalue weighted by Crippen LogP contribution is 2.29. The summed E-state index contributed by atoms with van der Waals surface area (Å²) in [6.07, 6.45) is 1.76. The maximum Gasteiger partial charge on any atom is 0.122 e. The Hall–Kier alpha value is -1.33. The third-order valence-corrected chi connectivity index (χ3v) is 4.61. The van der Waals surface area contributed by atoms with Crippen molar-refractivity contribution in [3.8, 4) is 5.75 Å². The Morgan fingerprint density at radius 3 is 2.91 bits per heavy atom. The van der Waals surface area contributed by atoms with E-state index in [-0.39, 0.29) is 6.10 Å². The fourth-order valence-electron chi connectivity index (χ4n) is 2.66. The number of morpholine rings is 1. The molecule has 2 aromatic rings. The summed E-state index contributed by atoms with van der Waals surface area (Å²) in [7, 11) is 1.66. The molecule has 0 spiro atoms. The number of nitrogens with zero attached hydrogens (tertiary/aromatic N) is 2. The van der Waals surface area contributed by atoms with Crippen molar-refractivity contribution in [3.05, 3.63) is 57.8 Å². The Bertz CT molecular complexity index is 681. The Kier molecular flexibility index (Phi) is 5.38. The lowest BCUT2D eigenvalue weighted by Gasteiger charge is -2.33. The Balaban J connectivity index is 1.69. The summed E-state index contributed by atoms with van der Waals surface area (Å²) in [5, 5.41) is 1.11. The zero-order valence-electron chi connectivity index (χ0n) is 12.8. The topological polar surface area (TPSA) is 34.6 Å². The van der Waals surface area contributed by atoms with E-state index in [4.69, 9.17) is 32.7 Å². The highest BCUT2D eigenvalue weighted by molar-refractivity contribution is 6.42. The molecular formula is C17H18Cl2N2O2. The first-order valence-corrected chi connectivity index (χ1v) is 8.19. The molecule has 4 nitrogen and oxygen atoms in total. The molecule has 6 heteroatoms. The van der Waals surface area contributed by atoms with E-state index in [0.29, 0.717) is 16.7 Å². The Morgan fingerprint density at radius 1 is 1.26 bits per heavy atom. The molecule has 0 saturated carbocycles. The van der Waals surface area contributed by atoms with Gasteiger partial charge in [-0.05, 0) is 23.8 Å². The van der Waals surface area contributed by atoms with Crippen LogP contribution in [0.2, 0.25) is 10.0 Å². The van der Waals surface area contributed by atoms with Gasteiger partial charge in [0, 0.05) is 31.9 Å². The van der Waals surface area contributed by atoms with Gasteiger partial charge in [0.15, 0.2) is 0 Å². The fourth-order valence-corrected chi connectivity index (χ4v) is 2.97. The van der Waals surface area contributed by atoms with Gasteiger partial charge in [0.1, 0.15) is 5.75 Å². The predicted octanol–water partition coefficient (Wildman–Crippen LogP) is 3.97. The first-order valence-electron chi connectivity index (χ1n) is 7.43. The molecule has 0 bridgehead atoms. The molecule has 0 N–H and O–H groups in total. The standard InChI is InChI=1S/C17H18Cl2N2O2/c1-22-14-4-5-20-13(9-14)10-21-6-7-23-17(11-21)12-2-3-15(18)16(19)8-12/h2-5,8-9,17H,6-7,10-11H2,1H3/t17-/m0/s1. The first-order chi connectivity index (χ1) is 11.2. The number of benzene rings is 1. The zero-order chi connectivity index (χ0) is 16.2. The molecule has 0 aliphatic carbocycles.